The number of aromatic nitrogens is 3. The SMILES string of the molecule is C=CCOc1ccc(/C=N\n2c(-c3ccc(F)cc3)n[nH]c2=S)cc1OC. The lowest BCUT2D eigenvalue weighted by Crippen LogP contribution is -1.98. The van der Waals surface area contributed by atoms with Gasteiger partial charge in [0.15, 0.2) is 17.3 Å². The molecule has 0 aliphatic heterocycles. The van der Waals surface area contributed by atoms with Crippen LogP contribution in [-0.4, -0.2) is 34.8 Å². The quantitative estimate of drug-likeness (QED) is 0.377. The molecule has 0 spiro atoms. The number of methoxy groups -OCH3 is 1. The average Bonchev–Trinajstić information content (AvgIpc) is 3.06. The van der Waals surface area contributed by atoms with Gasteiger partial charge in [0.1, 0.15) is 12.4 Å². The fraction of sp³-hybridized carbons (Fsp3) is 0.105. The summed E-state index contributed by atoms with van der Waals surface area (Å²) < 4.78 is 25.8. The lowest BCUT2D eigenvalue weighted by atomic mass is 10.2. The van der Waals surface area contributed by atoms with Gasteiger partial charge in [-0.15, -0.1) is 0 Å². The first kappa shape index (κ1) is 18.5. The Morgan fingerprint density at radius 3 is 2.74 bits per heavy atom. The van der Waals surface area contributed by atoms with Crippen LogP contribution in [0.3, 0.4) is 0 Å². The van der Waals surface area contributed by atoms with Gasteiger partial charge in [0.05, 0.1) is 13.3 Å². The van der Waals surface area contributed by atoms with E-state index in [2.05, 4.69) is 21.9 Å². The molecule has 1 aromatic heterocycles. The molecule has 3 aromatic rings. The van der Waals surface area contributed by atoms with E-state index in [-0.39, 0.29) is 5.82 Å². The highest BCUT2D eigenvalue weighted by Gasteiger charge is 2.09. The van der Waals surface area contributed by atoms with Crippen LogP contribution in [0.2, 0.25) is 0 Å². The summed E-state index contributed by atoms with van der Waals surface area (Å²) in [6, 6.07) is 11.4. The van der Waals surface area contributed by atoms with Gasteiger partial charge in [0, 0.05) is 5.56 Å². The minimum Gasteiger partial charge on any atom is -0.493 e. The van der Waals surface area contributed by atoms with Gasteiger partial charge < -0.3 is 9.47 Å². The van der Waals surface area contributed by atoms with Crippen LogP contribution in [0.15, 0.2) is 60.2 Å². The molecule has 0 fully saturated rings. The molecule has 0 aliphatic carbocycles. The molecule has 0 saturated heterocycles. The average molecular weight is 384 g/mol. The first-order valence-corrected chi connectivity index (χ1v) is 8.42. The third kappa shape index (κ3) is 4.29. The van der Waals surface area contributed by atoms with Gasteiger partial charge in [-0.3, -0.25) is 0 Å². The van der Waals surface area contributed by atoms with Crippen molar-refractivity contribution < 1.29 is 13.9 Å². The Bertz CT molecular complexity index is 1020. The van der Waals surface area contributed by atoms with Crippen molar-refractivity contribution in [3.05, 3.63) is 71.3 Å². The van der Waals surface area contributed by atoms with Crippen molar-refractivity contribution in [2.75, 3.05) is 13.7 Å². The Kier molecular flexibility index (Phi) is 5.77. The van der Waals surface area contributed by atoms with Gasteiger partial charge in [-0.05, 0) is 60.2 Å². The van der Waals surface area contributed by atoms with Crippen LogP contribution in [-0.2, 0) is 0 Å². The number of ether oxygens (including phenoxy) is 2. The number of aromatic amines is 1. The van der Waals surface area contributed by atoms with Crippen molar-refractivity contribution >= 4 is 18.4 Å². The molecule has 1 heterocycles. The highest BCUT2D eigenvalue weighted by molar-refractivity contribution is 7.71. The molecule has 1 N–H and O–H groups in total. The zero-order valence-electron chi connectivity index (χ0n) is 14.6. The summed E-state index contributed by atoms with van der Waals surface area (Å²) in [4.78, 5) is 0. The molecule has 27 heavy (non-hydrogen) atoms. The molecule has 0 amide bonds. The zero-order valence-corrected chi connectivity index (χ0v) is 15.4. The normalized spacial score (nSPS) is 10.9. The van der Waals surface area contributed by atoms with E-state index in [4.69, 9.17) is 21.7 Å². The van der Waals surface area contributed by atoms with Crippen LogP contribution in [0.4, 0.5) is 4.39 Å². The monoisotopic (exact) mass is 384 g/mol. The van der Waals surface area contributed by atoms with Crippen LogP contribution in [0.5, 0.6) is 11.5 Å². The summed E-state index contributed by atoms with van der Waals surface area (Å²) in [5, 5.41) is 11.3. The molecule has 8 heteroatoms. The fourth-order valence-corrected chi connectivity index (χ4v) is 2.52. The van der Waals surface area contributed by atoms with E-state index < -0.39 is 0 Å². The fourth-order valence-electron chi connectivity index (χ4n) is 2.34. The van der Waals surface area contributed by atoms with Crippen molar-refractivity contribution in [2.24, 2.45) is 5.10 Å². The Labute approximate surface area is 160 Å². The highest BCUT2D eigenvalue weighted by Crippen LogP contribution is 2.27. The van der Waals surface area contributed by atoms with Gasteiger partial charge in [-0.2, -0.15) is 14.9 Å². The molecule has 0 aliphatic rings. The van der Waals surface area contributed by atoms with Crippen LogP contribution >= 0.6 is 12.2 Å². The molecule has 138 valence electrons. The first-order chi connectivity index (χ1) is 13.1. The predicted molar refractivity (Wildman–Crippen MR) is 104 cm³/mol. The molecule has 0 bridgehead atoms. The second kappa shape index (κ2) is 8.41. The number of nitrogens with one attached hydrogen (secondary N) is 1. The van der Waals surface area contributed by atoms with Crippen LogP contribution in [0.25, 0.3) is 11.4 Å². The van der Waals surface area contributed by atoms with Crippen LogP contribution < -0.4 is 9.47 Å². The lowest BCUT2D eigenvalue weighted by molar-refractivity contribution is 0.326. The molecule has 0 saturated carbocycles. The van der Waals surface area contributed by atoms with E-state index in [0.29, 0.717) is 34.3 Å². The molecular formula is C19H17FN4O2S. The maximum absolute atomic E-state index is 13.1. The number of hydrogen-bond acceptors (Lipinski definition) is 5. The highest BCUT2D eigenvalue weighted by atomic mass is 32.1. The molecule has 3 rings (SSSR count). The summed E-state index contributed by atoms with van der Waals surface area (Å²) in [5.41, 5.74) is 1.47. The number of nitrogens with zero attached hydrogens (tertiary/aromatic N) is 3. The molecule has 0 atom stereocenters. The summed E-state index contributed by atoms with van der Waals surface area (Å²) in [5.74, 6) is 1.35. The van der Waals surface area contributed by atoms with Crippen LogP contribution in [0, 0.1) is 10.6 Å². The second-order valence-corrected chi connectivity index (χ2v) is 5.81. The van der Waals surface area contributed by atoms with E-state index in [1.807, 2.05) is 6.07 Å². The smallest absolute Gasteiger partial charge is 0.216 e. The van der Waals surface area contributed by atoms with Gasteiger partial charge >= 0.3 is 0 Å². The topological polar surface area (TPSA) is 64.4 Å². The van der Waals surface area contributed by atoms with Crippen molar-refractivity contribution in [1.29, 1.82) is 0 Å². The van der Waals surface area contributed by atoms with Crippen LogP contribution in [0.1, 0.15) is 5.56 Å². The molecular weight excluding hydrogens is 367 g/mol. The van der Waals surface area contributed by atoms with E-state index in [1.54, 1.807) is 43.7 Å². The Morgan fingerprint density at radius 2 is 2.04 bits per heavy atom. The van der Waals surface area contributed by atoms with Gasteiger partial charge in [-0.1, -0.05) is 12.7 Å². The Hall–Kier alpha value is -3.26. The summed E-state index contributed by atoms with van der Waals surface area (Å²) in [7, 11) is 1.57. The minimum absolute atomic E-state index is 0.323. The van der Waals surface area contributed by atoms with Crippen molar-refractivity contribution in [3.63, 3.8) is 0 Å². The largest absolute Gasteiger partial charge is 0.493 e. The number of halogens is 1. The third-order valence-corrected chi connectivity index (χ3v) is 3.88. The molecule has 6 nitrogen and oxygen atoms in total. The van der Waals surface area contributed by atoms with Gasteiger partial charge in [0.25, 0.3) is 0 Å². The van der Waals surface area contributed by atoms with Gasteiger partial charge in [-0.25, -0.2) is 9.49 Å². The lowest BCUT2D eigenvalue weighted by Gasteiger charge is -2.09. The summed E-state index contributed by atoms with van der Waals surface area (Å²) in [6.07, 6.45) is 3.28. The number of H-pyrrole nitrogens is 1. The maximum Gasteiger partial charge on any atom is 0.216 e. The van der Waals surface area contributed by atoms with Gasteiger partial charge in [0.2, 0.25) is 4.77 Å². The standard InChI is InChI=1S/C19H17FN4O2S/c1-3-10-26-16-9-4-13(11-17(16)25-2)12-21-24-18(22-23-19(24)27)14-5-7-15(20)8-6-14/h3-9,11-12H,1,10H2,2H3,(H,23,27)/b21-12-. The number of rotatable bonds is 7. The van der Waals surface area contributed by atoms with Crippen molar-refractivity contribution in [3.8, 4) is 22.9 Å². The predicted octanol–water partition coefficient (Wildman–Crippen LogP) is 4.20. The third-order valence-electron chi connectivity index (χ3n) is 3.62. The molecule has 2 aromatic carbocycles. The van der Waals surface area contributed by atoms with E-state index >= 15 is 0 Å². The van der Waals surface area contributed by atoms with E-state index in [0.717, 1.165) is 5.56 Å². The van der Waals surface area contributed by atoms with E-state index in [9.17, 15) is 4.39 Å². The van der Waals surface area contributed by atoms with E-state index in [1.165, 1.54) is 16.8 Å². The summed E-state index contributed by atoms with van der Waals surface area (Å²) >= 11 is 5.23. The Morgan fingerprint density at radius 1 is 1.26 bits per heavy atom. The molecule has 0 radical (unpaired) electrons. The van der Waals surface area contributed by atoms with Crippen molar-refractivity contribution in [1.82, 2.24) is 14.9 Å². The summed E-state index contributed by atoms with van der Waals surface area (Å²) in [6.45, 7) is 4.01. The van der Waals surface area contributed by atoms with Crippen molar-refractivity contribution in [2.45, 2.75) is 0 Å². The zero-order chi connectivity index (χ0) is 19.2. The first-order valence-electron chi connectivity index (χ1n) is 8.02. The minimum atomic E-state index is -0.325. The number of hydrogen-bond donors (Lipinski definition) is 1. The second-order valence-electron chi connectivity index (χ2n) is 5.43. The Balaban J connectivity index is 1.90. The molecule has 0 unspecified atom stereocenters. The number of benzene rings is 2. The maximum atomic E-state index is 13.1.